The number of ketones is 1. The number of halogens is 2. The van der Waals surface area contributed by atoms with Crippen molar-refractivity contribution in [2.75, 3.05) is 37.4 Å². The van der Waals surface area contributed by atoms with E-state index in [0.717, 1.165) is 29.5 Å². The molecule has 1 aliphatic rings. The summed E-state index contributed by atoms with van der Waals surface area (Å²) in [5, 5.41) is 12.2. The smallest absolute Gasteiger partial charge is 0.244 e. The van der Waals surface area contributed by atoms with Crippen molar-refractivity contribution in [1.29, 1.82) is 0 Å². The van der Waals surface area contributed by atoms with Crippen molar-refractivity contribution in [3.8, 4) is 5.88 Å². The number of pyridine rings is 1. The quantitative estimate of drug-likeness (QED) is 0.348. The number of aliphatic hydroxyl groups is 1. The molecule has 1 aromatic carbocycles. The van der Waals surface area contributed by atoms with Crippen LogP contribution in [0.4, 0.5) is 19.7 Å². The van der Waals surface area contributed by atoms with Crippen LogP contribution in [0.25, 0.3) is 0 Å². The van der Waals surface area contributed by atoms with Crippen molar-refractivity contribution in [3.63, 3.8) is 0 Å². The van der Waals surface area contributed by atoms with E-state index in [9.17, 15) is 22.0 Å². The van der Waals surface area contributed by atoms with Gasteiger partial charge in [-0.15, -0.1) is 0 Å². The summed E-state index contributed by atoms with van der Waals surface area (Å²) in [4.78, 5) is 20.7. The Balaban J connectivity index is 1.38. The number of rotatable bonds is 9. The third-order valence-corrected chi connectivity index (χ3v) is 8.40. The minimum atomic E-state index is -3.76. The van der Waals surface area contributed by atoms with Crippen LogP contribution in [0, 0.1) is 11.6 Å². The Kier molecular flexibility index (Phi) is 7.78. The molecule has 0 bridgehead atoms. The van der Waals surface area contributed by atoms with E-state index in [-0.39, 0.29) is 53.8 Å². The van der Waals surface area contributed by atoms with E-state index in [1.165, 1.54) is 22.6 Å². The van der Waals surface area contributed by atoms with Crippen LogP contribution in [-0.2, 0) is 10.0 Å². The van der Waals surface area contributed by atoms with Gasteiger partial charge >= 0.3 is 0 Å². The lowest BCUT2D eigenvalue weighted by Gasteiger charge is -2.31. The Morgan fingerprint density at radius 2 is 1.92 bits per heavy atom. The number of carbonyl (C=O) groups is 1. The summed E-state index contributed by atoms with van der Waals surface area (Å²) >= 11 is 0.886. The number of benzene rings is 1. The van der Waals surface area contributed by atoms with Crippen molar-refractivity contribution in [1.82, 2.24) is 14.3 Å². The zero-order chi connectivity index (χ0) is 25.9. The highest BCUT2D eigenvalue weighted by Gasteiger charge is 2.31. The summed E-state index contributed by atoms with van der Waals surface area (Å²) < 4.78 is 60.4. The molecule has 36 heavy (non-hydrogen) atoms. The number of hydrogen-bond acceptors (Lipinski definition) is 10. The number of nitrogens with one attached hydrogen (secondary N) is 1. The Labute approximate surface area is 209 Å². The number of piperidine rings is 1. The summed E-state index contributed by atoms with van der Waals surface area (Å²) in [5.41, 5.74) is 5.15. The zero-order valence-corrected chi connectivity index (χ0v) is 20.5. The van der Waals surface area contributed by atoms with Crippen molar-refractivity contribution < 1.29 is 31.8 Å². The molecule has 3 heterocycles. The second kappa shape index (κ2) is 10.8. The summed E-state index contributed by atoms with van der Waals surface area (Å²) in [7, 11) is -3.76. The van der Waals surface area contributed by atoms with Gasteiger partial charge in [0.2, 0.25) is 21.7 Å². The molecule has 0 atom stereocenters. The predicted molar refractivity (Wildman–Crippen MR) is 129 cm³/mol. The molecule has 0 aliphatic carbocycles. The first-order valence-corrected chi connectivity index (χ1v) is 13.2. The van der Waals surface area contributed by atoms with Crippen LogP contribution in [-0.4, -0.2) is 65.9 Å². The molecule has 10 nitrogen and oxygen atoms in total. The largest absolute Gasteiger partial charge is 0.475 e. The number of thiazole rings is 1. The number of nitrogen functional groups attached to an aromatic ring is 1. The van der Waals surface area contributed by atoms with Crippen molar-refractivity contribution in [2.45, 2.75) is 23.8 Å². The van der Waals surface area contributed by atoms with E-state index in [1.807, 2.05) is 0 Å². The number of nitrogens with zero attached hydrogens (tertiary/aromatic N) is 3. The van der Waals surface area contributed by atoms with Crippen molar-refractivity contribution in [3.05, 3.63) is 58.6 Å². The summed E-state index contributed by atoms with van der Waals surface area (Å²) in [6.07, 6.45) is 2.12. The molecule has 0 saturated carbocycles. The second-order valence-corrected chi connectivity index (χ2v) is 10.8. The molecule has 3 aromatic rings. The number of carbonyl (C=O) groups excluding carboxylic acids is 1. The minimum absolute atomic E-state index is 0.0292. The normalized spacial score (nSPS) is 15.1. The Morgan fingerprint density at radius 1 is 1.22 bits per heavy atom. The minimum Gasteiger partial charge on any atom is -0.475 e. The van der Waals surface area contributed by atoms with Crippen LogP contribution in [0.15, 0.2) is 41.4 Å². The molecular weight excluding hydrogens is 516 g/mol. The lowest BCUT2D eigenvalue weighted by molar-refractivity contribution is 0.103. The van der Waals surface area contributed by atoms with Crippen molar-refractivity contribution >= 4 is 38.1 Å². The lowest BCUT2D eigenvalue weighted by atomic mass is 10.1. The fourth-order valence-electron chi connectivity index (χ4n) is 3.70. The highest BCUT2D eigenvalue weighted by molar-refractivity contribution is 7.89. The summed E-state index contributed by atoms with van der Waals surface area (Å²) in [6, 6.07) is 5.82. The third-order valence-electron chi connectivity index (χ3n) is 5.52. The van der Waals surface area contributed by atoms with E-state index < -0.39 is 33.0 Å². The van der Waals surface area contributed by atoms with Crippen molar-refractivity contribution in [2.24, 2.45) is 0 Å². The number of nitrogens with two attached hydrogens (primary N) is 1. The maximum atomic E-state index is 14.0. The standard InChI is InChI=1S/C22H23F2N5O5S2/c23-15-2-1-3-16(24)18(15)19(31)20-21(25)28-22(35-20)27-13-6-8-29(9-7-13)36(32,33)14-4-5-17(26-12-14)34-11-10-30/h1-5,12-13,30H,6-11,25H2,(H,27,28). The van der Waals surface area contributed by atoms with Gasteiger partial charge in [-0.3, -0.25) is 4.79 Å². The first-order valence-electron chi connectivity index (χ1n) is 10.9. The lowest BCUT2D eigenvalue weighted by Crippen LogP contribution is -2.42. The van der Waals surface area contributed by atoms with E-state index in [1.54, 1.807) is 0 Å². The average molecular weight is 540 g/mol. The molecule has 1 fully saturated rings. The van der Waals surface area contributed by atoms with Gasteiger partial charge in [-0.2, -0.15) is 4.31 Å². The molecular formula is C22H23F2N5O5S2. The van der Waals surface area contributed by atoms with Gasteiger partial charge in [0, 0.05) is 25.2 Å². The summed E-state index contributed by atoms with van der Waals surface area (Å²) in [6.45, 7) is 0.339. The van der Waals surface area contributed by atoms with Gasteiger partial charge in [-0.1, -0.05) is 17.4 Å². The molecule has 192 valence electrons. The predicted octanol–water partition coefficient (Wildman–Crippen LogP) is 2.27. The number of ether oxygens (including phenoxy) is 1. The summed E-state index contributed by atoms with van der Waals surface area (Å²) in [5.74, 6) is -2.80. The van der Waals surface area contributed by atoms with Crippen LogP contribution in [0.5, 0.6) is 5.88 Å². The second-order valence-electron chi connectivity index (χ2n) is 7.89. The van der Waals surface area contributed by atoms with Gasteiger partial charge in [-0.25, -0.2) is 27.2 Å². The van der Waals surface area contributed by atoms with E-state index >= 15 is 0 Å². The number of aromatic nitrogens is 2. The van der Waals surface area contributed by atoms with Gasteiger partial charge < -0.3 is 20.9 Å². The molecule has 4 rings (SSSR count). The fourth-order valence-corrected chi connectivity index (χ4v) is 6.03. The van der Waals surface area contributed by atoms with Crippen LogP contribution in [0.1, 0.15) is 28.1 Å². The van der Waals surface area contributed by atoms with Crippen LogP contribution < -0.4 is 15.8 Å². The molecule has 0 radical (unpaired) electrons. The van der Waals surface area contributed by atoms with Gasteiger partial charge in [0.1, 0.15) is 33.8 Å². The van der Waals surface area contributed by atoms with Crippen LogP contribution >= 0.6 is 11.3 Å². The van der Waals surface area contributed by atoms with Crippen LogP contribution in [0.3, 0.4) is 0 Å². The SMILES string of the molecule is Nc1nc(NC2CCN(S(=O)(=O)c3ccc(OCCO)nc3)CC2)sc1C(=O)c1c(F)cccc1F. The maximum Gasteiger partial charge on any atom is 0.244 e. The third kappa shape index (κ3) is 5.46. The van der Waals surface area contributed by atoms with E-state index in [4.69, 9.17) is 15.6 Å². The topological polar surface area (TPSA) is 148 Å². The van der Waals surface area contributed by atoms with Gasteiger partial charge in [0.05, 0.1) is 18.4 Å². The molecule has 14 heteroatoms. The average Bonchev–Trinajstić information content (AvgIpc) is 3.23. The van der Waals surface area contributed by atoms with Gasteiger partial charge in [0.25, 0.3) is 0 Å². The Hall–Kier alpha value is -3.20. The molecule has 0 unspecified atom stereocenters. The number of anilines is 2. The highest BCUT2D eigenvalue weighted by Crippen LogP contribution is 2.31. The Bertz CT molecular complexity index is 1320. The molecule has 4 N–H and O–H groups in total. The van der Waals surface area contributed by atoms with Gasteiger partial charge in [-0.05, 0) is 31.0 Å². The monoisotopic (exact) mass is 539 g/mol. The number of hydrogen-bond donors (Lipinski definition) is 3. The first-order chi connectivity index (χ1) is 17.2. The molecule has 1 aliphatic heterocycles. The zero-order valence-electron chi connectivity index (χ0n) is 18.9. The van der Waals surface area contributed by atoms with Crippen LogP contribution in [0.2, 0.25) is 0 Å². The number of sulfonamides is 1. The van der Waals surface area contributed by atoms with Gasteiger partial charge in [0.15, 0.2) is 5.13 Å². The number of aliphatic hydroxyl groups excluding tert-OH is 1. The first kappa shape index (κ1) is 25.9. The van der Waals surface area contributed by atoms with E-state index in [2.05, 4.69) is 15.3 Å². The molecule has 1 saturated heterocycles. The molecule has 2 aromatic heterocycles. The Morgan fingerprint density at radius 3 is 2.53 bits per heavy atom. The molecule has 0 spiro atoms. The maximum absolute atomic E-state index is 14.0. The fraction of sp³-hybridized carbons (Fsp3) is 0.318. The highest BCUT2D eigenvalue weighted by atomic mass is 32.2. The van der Waals surface area contributed by atoms with E-state index in [0.29, 0.717) is 18.0 Å². The molecule has 0 amide bonds.